The van der Waals surface area contributed by atoms with Crippen LogP contribution in [-0.4, -0.2) is 32.7 Å². The lowest BCUT2D eigenvalue weighted by atomic mass is 9.90. The second-order valence-corrected chi connectivity index (χ2v) is 8.13. The lowest BCUT2D eigenvalue weighted by molar-refractivity contribution is 0.165. The van der Waals surface area contributed by atoms with Crippen LogP contribution in [0.3, 0.4) is 0 Å². The molecule has 9 heteroatoms. The zero-order valence-corrected chi connectivity index (χ0v) is 18.1. The molecule has 1 aliphatic rings. The van der Waals surface area contributed by atoms with Gasteiger partial charge in [-0.1, -0.05) is 24.3 Å². The summed E-state index contributed by atoms with van der Waals surface area (Å²) in [6.07, 6.45) is 2.60. The average Bonchev–Trinajstić information content (AvgIpc) is 3.19. The number of carbonyl (C=O) groups excluding carboxylic acids is 1. The fourth-order valence-electron chi connectivity index (χ4n) is 4.78. The van der Waals surface area contributed by atoms with Gasteiger partial charge in [-0.15, -0.1) is 0 Å². The van der Waals surface area contributed by atoms with Crippen molar-refractivity contribution in [1.82, 2.24) is 24.8 Å². The summed E-state index contributed by atoms with van der Waals surface area (Å²) >= 11 is 0. The van der Waals surface area contributed by atoms with Crippen molar-refractivity contribution in [2.75, 3.05) is 12.8 Å². The maximum Gasteiger partial charge on any atom is 0.407 e. The van der Waals surface area contributed by atoms with Gasteiger partial charge in [-0.2, -0.15) is 0 Å². The number of ether oxygens (including phenoxy) is 1. The molecule has 0 radical (unpaired) electrons. The van der Waals surface area contributed by atoms with Gasteiger partial charge in [0.05, 0.1) is 29.7 Å². The van der Waals surface area contributed by atoms with Gasteiger partial charge in [0.1, 0.15) is 23.6 Å². The summed E-state index contributed by atoms with van der Waals surface area (Å²) in [6, 6.07) is 13.9. The third kappa shape index (κ3) is 2.97. The summed E-state index contributed by atoms with van der Waals surface area (Å²) < 4.78 is 21.3. The number of nitrogens with one attached hydrogen (secondary N) is 1. The van der Waals surface area contributed by atoms with E-state index in [4.69, 9.17) is 10.5 Å². The molecule has 3 N–H and O–H groups in total. The Morgan fingerprint density at radius 3 is 2.88 bits per heavy atom. The minimum Gasteiger partial charge on any atom is -0.453 e. The maximum absolute atomic E-state index is 14.5. The van der Waals surface area contributed by atoms with Gasteiger partial charge < -0.3 is 20.4 Å². The number of anilines is 1. The number of halogens is 1. The van der Waals surface area contributed by atoms with Crippen LogP contribution in [0.2, 0.25) is 0 Å². The van der Waals surface area contributed by atoms with Crippen LogP contribution >= 0.6 is 0 Å². The van der Waals surface area contributed by atoms with Gasteiger partial charge in [0.15, 0.2) is 0 Å². The molecule has 6 rings (SSSR count). The van der Waals surface area contributed by atoms with Crippen molar-refractivity contribution in [3.8, 4) is 22.4 Å². The largest absolute Gasteiger partial charge is 0.453 e. The molecule has 5 aromatic rings. The van der Waals surface area contributed by atoms with E-state index in [1.54, 1.807) is 12.3 Å². The van der Waals surface area contributed by atoms with Gasteiger partial charge >= 0.3 is 6.09 Å². The summed E-state index contributed by atoms with van der Waals surface area (Å²) in [6.45, 7) is 0.358. The number of methoxy groups -OCH3 is 1. The lowest BCUT2D eigenvalue weighted by Gasteiger charge is -2.29. The molecule has 0 fully saturated rings. The zero-order chi connectivity index (χ0) is 23.4. The Morgan fingerprint density at radius 2 is 2.03 bits per heavy atom. The number of pyridine rings is 1. The standard InChI is InChI=1S/C25H19FN6O2/c1-34-25(33)31-19-11-32-22(17-9-15(26)6-7-16(17)19)20(21-23(27)29-12-30-24(21)32)14-8-13-4-2-3-5-18(13)28-10-14/h2-10,12,19H,11H2,1H3,(H,31,33)(H2,27,29,30). The number of carbonyl (C=O) groups is 1. The molecule has 2 aromatic carbocycles. The summed E-state index contributed by atoms with van der Waals surface area (Å²) in [5, 5.41) is 4.46. The van der Waals surface area contributed by atoms with Gasteiger partial charge in [-0.05, 0) is 29.8 Å². The van der Waals surface area contributed by atoms with Crippen LogP contribution in [0.25, 0.3) is 44.3 Å². The molecule has 8 nitrogen and oxygen atoms in total. The highest BCUT2D eigenvalue weighted by molar-refractivity contribution is 6.09. The first kappa shape index (κ1) is 20.1. The first-order chi connectivity index (χ1) is 16.5. The number of nitrogens with zero attached hydrogens (tertiary/aromatic N) is 4. The highest BCUT2D eigenvalue weighted by atomic mass is 19.1. The van der Waals surface area contributed by atoms with E-state index in [0.29, 0.717) is 29.0 Å². The van der Waals surface area contributed by atoms with Crippen LogP contribution in [0.15, 0.2) is 61.1 Å². The van der Waals surface area contributed by atoms with Crippen LogP contribution in [-0.2, 0) is 11.3 Å². The minimum atomic E-state index is -0.576. The Morgan fingerprint density at radius 1 is 1.18 bits per heavy atom. The van der Waals surface area contributed by atoms with Crippen molar-refractivity contribution < 1.29 is 13.9 Å². The van der Waals surface area contributed by atoms with Gasteiger partial charge in [0.2, 0.25) is 0 Å². The number of nitrogens with two attached hydrogens (primary N) is 1. The number of fused-ring (bicyclic) bond motifs is 6. The van der Waals surface area contributed by atoms with Gasteiger partial charge in [-0.3, -0.25) is 4.98 Å². The predicted molar refractivity (Wildman–Crippen MR) is 126 cm³/mol. The molecule has 0 spiro atoms. The van der Waals surface area contributed by atoms with Gasteiger partial charge in [0.25, 0.3) is 0 Å². The molecule has 1 unspecified atom stereocenters. The maximum atomic E-state index is 14.5. The number of para-hydroxylation sites is 1. The summed E-state index contributed by atoms with van der Waals surface area (Å²) in [4.78, 5) is 25.4. The van der Waals surface area contributed by atoms with Crippen molar-refractivity contribution in [2.45, 2.75) is 12.6 Å². The average molecular weight is 454 g/mol. The number of aromatic nitrogens is 4. The van der Waals surface area contributed by atoms with E-state index in [2.05, 4.69) is 20.3 Å². The first-order valence-electron chi connectivity index (χ1n) is 10.7. The first-order valence-corrected chi connectivity index (χ1v) is 10.7. The molecule has 1 amide bonds. The second kappa shape index (κ2) is 7.51. The van der Waals surface area contributed by atoms with E-state index in [0.717, 1.165) is 33.3 Å². The van der Waals surface area contributed by atoms with Crippen molar-refractivity contribution in [1.29, 1.82) is 0 Å². The van der Waals surface area contributed by atoms with Crippen LogP contribution in [0.4, 0.5) is 15.0 Å². The minimum absolute atomic E-state index is 0.311. The fraction of sp³-hybridized carbons (Fsp3) is 0.120. The number of hydrogen-bond donors (Lipinski definition) is 2. The molecule has 0 bridgehead atoms. The molecule has 1 aliphatic heterocycles. The van der Waals surface area contributed by atoms with Gasteiger partial charge in [0, 0.05) is 34.8 Å². The molecular formula is C25H19FN6O2. The van der Waals surface area contributed by atoms with E-state index in [1.165, 1.54) is 25.6 Å². The lowest BCUT2D eigenvalue weighted by Crippen LogP contribution is -2.33. The molecule has 168 valence electrons. The summed E-state index contributed by atoms with van der Waals surface area (Å²) in [5.74, 6) is -0.0820. The topological polar surface area (TPSA) is 108 Å². The van der Waals surface area contributed by atoms with E-state index in [9.17, 15) is 9.18 Å². The molecule has 4 heterocycles. The number of amides is 1. The van der Waals surface area contributed by atoms with Crippen LogP contribution in [0.5, 0.6) is 0 Å². The monoisotopic (exact) mass is 454 g/mol. The Kier molecular flexibility index (Phi) is 4.44. The third-order valence-corrected chi connectivity index (χ3v) is 6.24. The number of alkyl carbamates (subject to hydrolysis) is 1. The number of nitrogen functional groups attached to an aromatic ring is 1. The molecule has 1 atom stereocenters. The Balaban J connectivity index is 1.69. The van der Waals surface area contributed by atoms with Crippen molar-refractivity contribution in [2.24, 2.45) is 0 Å². The zero-order valence-electron chi connectivity index (χ0n) is 18.1. The van der Waals surface area contributed by atoms with Crippen LogP contribution in [0, 0.1) is 5.82 Å². The molecule has 0 aliphatic carbocycles. The smallest absolute Gasteiger partial charge is 0.407 e. The van der Waals surface area contributed by atoms with Crippen LogP contribution < -0.4 is 11.1 Å². The molecule has 3 aromatic heterocycles. The van der Waals surface area contributed by atoms with E-state index >= 15 is 0 Å². The third-order valence-electron chi connectivity index (χ3n) is 6.24. The van der Waals surface area contributed by atoms with E-state index < -0.39 is 18.0 Å². The number of rotatable bonds is 2. The van der Waals surface area contributed by atoms with Gasteiger partial charge in [-0.25, -0.2) is 19.2 Å². The molecule has 34 heavy (non-hydrogen) atoms. The molecular weight excluding hydrogens is 435 g/mol. The summed E-state index contributed by atoms with van der Waals surface area (Å²) in [5.41, 5.74) is 11.5. The quantitative estimate of drug-likeness (QED) is 0.408. The van der Waals surface area contributed by atoms with E-state index in [1.807, 2.05) is 34.9 Å². The number of benzene rings is 2. The highest BCUT2D eigenvalue weighted by Gasteiger charge is 2.33. The van der Waals surface area contributed by atoms with Crippen LogP contribution in [0.1, 0.15) is 11.6 Å². The molecule has 0 saturated heterocycles. The van der Waals surface area contributed by atoms with Crippen molar-refractivity contribution in [3.05, 3.63) is 72.4 Å². The predicted octanol–water partition coefficient (Wildman–Crippen LogP) is 4.45. The Labute approximate surface area is 193 Å². The fourth-order valence-corrected chi connectivity index (χ4v) is 4.78. The highest BCUT2D eigenvalue weighted by Crippen LogP contribution is 2.47. The second-order valence-electron chi connectivity index (χ2n) is 8.13. The Bertz CT molecular complexity index is 1610. The SMILES string of the molecule is COC(=O)NC1Cn2c(c(-c3cnc4ccccc4c3)c3c(N)ncnc32)-c2cc(F)ccc21. The Hall–Kier alpha value is -4.53. The van der Waals surface area contributed by atoms with E-state index in [-0.39, 0.29) is 0 Å². The van der Waals surface area contributed by atoms with Crippen molar-refractivity contribution >= 4 is 33.8 Å². The normalized spacial score (nSPS) is 14.6. The van der Waals surface area contributed by atoms with Crippen molar-refractivity contribution in [3.63, 3.8) is 0 Å². The number of hydrogen-bond acceptors (Lipinski definition) is 6. The summed E-state index contributed by atoms with van der Waals surface area (Å²) in [7, 11) is 1.30. The molecule has 0 saturated carbocycles.